The second-order valence-corrected chi connectivity index (χ2v) is 5.67. The number of imidazole rings is 1. The molecule has 146 valence electrons. The van der Waals surface area contributed by atoms with Gasteiger partial charge in [-0.1, -0.05) is 0 Å². The lowest BCUT2D eigenvalue weighted by Crippen LogP contribution is -2.21. The van der Waals surface area contributed by atoms with E-state index in [9.17, 15) is 18.0 Å². The van der Waals surface area contributed by atoms with Gasteiger partial charge in [-0.05, 0) is 18.2 Å². The molecule has 2 N–H and O–H groups in total. The van der Waals surface area contributed by atoms with Crippen LogP contribution < -0.4 is 24.3 Å². The van der Waals surface area contributed by atoms with E-state index in [-0.39, 0.29) is 24.1 Å². The summed E-state index contributed by atoms with van der Waals surface area (Å²) in [5.41, 5.74) is 0.667. The maximum atomic E-state index is 12.6. The van der Waals surface area contributed by atoms with Crippen LogP contribution in [-0.2, 0) is 0 Å². The molecule has 0 spiro atoms. The van der Waals surface area contributed by atoms with Gasteiger partial charge in [0.2, 0.25) is 12.7 Å². The van der Waals surface area contributed by atoms with Crippen LogP contribution in [0.3, 0.4) is 0 Å². The van der Waals surface area contributed by atoms with Gasteiger partial charge in [0.1, 0.15) is 11.5 Å². The Kier molecular flexibility index (Phi) is 4.13. The summed E-state index contributed by atoms with van der Waals surface area (Å²) in [7, 11) is 1.32. The molecular formula is C17H12F3N3O5. The van der Waals surface area contributed by atoms with Crippen LogP contribution in [0.4, 0.5) is 19.1 Å². The van der Waals surface area contributed by atoms with Gasteiger partial charge in [0, 0.05) is 12.1 Å². The van der Waals surface area contributed by atoms with E-state index < -0.39 is 18.0 Å². The summed E-state index contributed by atoms with van der Waals surface area (Å²) in [5.74, 6) is -0.285. The maximum Gasteiger partial charge on any atom is 0.573 e. The molecule has 3 aromatic rings. The molecule has 0 saturated carbocycles. The number of carbonyl (C=O) groups is 1. The molecule has 0 aliphatic carbocycles. The number of anilines is 1. The zero-order chi connectivity index (χ0) is 19.9. The fraction of sp³-hybridized carbons (Fsp3) is 0.176. The van der Waals surface area contributed by atoms with E-state index in [2.05, 4.69) is 20.0 Å². The number of methoxy groups -OCH3 is 1. The van der Waals surface area contributed by atoms with Gasteiger partial charge >= 0.3 is 6.36 Å². The summed E-state index contributed by atoms with van der Waals surface area (Å²) in [4.78, 5) is 19.6. The fourth-order valence-corrected chi connectivity index (χ4v) is 2.66. The van der Waals surface area contributed by atoms with Crippen LogP contribution in [0.15, 0.2) is 30.3 Å². The Balaban J connectivity index is 1.63. The van der Waals surface area contributed by atoms with Crippen LogP contribution in [-0.4, -0.2) is 36.1 Å². The molecule has 0 unspecified atom stereocenters. The van der Waals surface area contributed by atoms with Gasteiger partial charge in [0.05, 0.1) is 23.7 Å². The van der Waals surface area contributed by atoms with Crippen molar-refractivity contribution in [1.82, 2.24) is 9.97 Å². The summed E-state index contributed by atoms with van der Waals surface area (Å²) in [6.07, 6.45) is -4.95. The van der Waals surface area contributed by atoms with E-state index in [0.29, 0.717) is 22.5 Å². The third-order valence-corrected chi connectivity index (χ3v) is 3.87. The van der Waals surface area contributed by atoms with E-state index in [4.69, 9.17) is 14.2 Å². The molecule has 0 fully saturated rings. The lowest BCUT2D eigenvalue weighted by atomic mass is 10.1. The van der Waals surface area contributed by atoms with Gasteiger partial charge in [-0.2, -0.15) is 0 Å². The highest BCUT2D eigenvalue weighted by atomic mass is 19.4. The standard InChI is InChI=1S/C17H12F3N3O5/c1-25-8-2-3-12(28-17(18,19)20)9(4-8)15(24)23-16-21-10-5-13-14(27-7-26-13)6-11(10)22-16/h2-6H,7H2,1H3,(H2,21,22,23,24). The van der Waals surface area contributed by atoms with Crippen molar-refractivity contribution in [3.05, 3.63) is 35.9 Å². The summed E-state index contributed by atoms with van der Waals surface area (Å²) in [6, 6.07) is 6.65. The Morgan fingerprint density at radius 3 is 2.68 bits per heavy atom. The highest BCUT2D eigenvalue weighted by Gasteiger charge is 2.33. The summed E-state index contributed by atoms with van der Waals surface area (Å²) in [6.45, 7) is 0.101. The van der Waals surface area contributed by atoms with Crippen LogP contribution in [0.2, 0.25) is 0 Å². The fourth-order valence-electron chi connectivity index (χ4n) is 2.66. The number of nitrogens with zero attached hydrogens (tertiary/aromatic N) is 1. The SMILES string of the molecule is COc1ccc(OC(F)(F)F)c(C(=O)Nc2nc3cc4c(cc3[nH]2)OCO4)c1. The molecule has 2 heterocycles. The number of amides is 1. The van der Waals surface area contributed by atoms with Crippen LogP contribution in [0.1, 0.15) is 10.4 Å². The molecule has 0 bridgehead atoms. The van der Waals surface area contributed by atoms with Crippen molar-refractivity contribution >= 4 is 22.9 Å². The number of H-pyrrole nitrogens is 1. The van der Waals surface area contributed by atoms with Gasteiger partial charge in [-0.3, -0.25) is 10.1 Å². The van der Waals surface area contributed by atoms with E-state index in [1.807, 2.05) is 0 Å². The Morgan fingerprint density at radius 1 is 1.21 bits per heavy atom. The topological polar surface area (TPSA) is 94.7 Å². The van der Waals surface area contributed by atoms with Crippen molar-refractivity contribution in [1.29, 1.82) is 0 Å². The average molecular weight is 395 g/mol. The zero-order valence-corrected chi connectivity index (χ0v) is 14.2. The zero-order valence-electron chi connectivity index (χ0n) is 14.2. The monoisotopic (exact) mass is 395 g/mol. The third-order valence-electron chi connectivity index (χ3n) is 3.87. The number of nitrogens with one attached hydrogen (secondary N) is 2. The first-order valence-corrected chi connectivity index (χ1v) is 7.87. The van der Waals surface area contributed by atoms with Crippen LogP contribution in [0.25, 0.3) is 11.0 Å². The van der Waals surface area contributed by atoms with Gasteiger partial charge < -0.3 is 23.9 Å². The predicted octanol–water partition coefficient (Wildman–Crippen LogP) is 3.45. The number of fused-ring (bicyclic) bond motifs is 2. The van der Waals surface area contributed by atoms with Gasteiger partial charge in [-0.15, -0.1) is 13.2 Å². The van der Waals surface area contributed by atoms with Crippen molar-refractivity contribution < 1.29 is 36.9 Å². The Hall–Kier alpha value is -3.63. The highest BCUT2D eigenvalue weighted by molar-refractivity contribution is 6.06. The molecule has 11 heteroatoms. The van der Waals surface area contributed by atoms with Gasteiger partial charge in [0.15, 0.2) is 11.5 Å². The predicted molar refractivity (Wildman–Crippen MR) is 89.8 cm³/mol. The first-order chi connectivity index (χ1) is 13.3. The summed E-state index contributed by atoms with van der Waals surface area (Å²) < 4.78 is 57.3. The van der Waals surface area contributed by atoms with Crippen molar-refractivity contribution in [3.8, 4) is 23.0 Å². The second kappa shape index (κ2) is 6.51. The summed E-state index contributed by atoms with van der Waals surface area (Å²) >= 11 is 0. The van der Waals surface area contributed by atoms with Gasteiger partial charge in [-0.25, -0.2) is 4.98 Å². The molecule has 2 aromatic carbocycles. The molecule has 4 rings (SSSR count). The first-order valence-electron chi connectivity index (χ1n) is 7.87. The lowest BCUT2D eigenvalue weighted by Gasteiger charge is -2.13. The number of rotatable bonds is 4. The van der Waals surface area contributed by atoms with Crippen molar-refractivity contribution in [2.45, 2.75) is 6.36 Å². The van der Waals surface area contributed by atoms with E-state index in [0.717, 1.165) is 12.1 Å². The number of carbonyl (C=O) groups excluding carboxylic acids is 1. The molecule has 0 atom stereocenters. The largest absolute Gasteiger partial charge is 0.573 e. The van der Waals surface area contributed by atoms with E-state index in [1.165, 1.54) is 13.2 Å². The lowest BCUT2D eigenvalue weighted by molar-refractivity contribution is -0.274. The van der Waals surface area contributed by atoms with Crippen LogP contribution >= 0.6 is 0 Å². The van der Waals surface area contributed by atoms with Crippen LogP contribution in [0, 0.1) is 0 Å². The smallest absolute Gasteiger partial charge is 0.497 e. The quantitative estimate of drug-likeness (QED) is 0.703. The molecule has 0 saturated heterocycles. The summed E-state index contributed by atoms with van der Waals surface area (Å²) in [5, 5.41) is 2.41. The Morgan fingerprint density at radius 2 is 1.96 bits per heavy atom. The van der Waals surface area contributed by atoms with Gasteiger partial charge in [0.25, 0.3) is 5.91 Å². The maximum absolute atomic E-state index is 12.6. The highest BCUT2D eigenvalue weighted by Crippen LogP contribution is 2.36. The second-order valence-electron chi connectivity index (χ2n) is 5.67. The molecule has 1 amide bonds. The number of alkyl halides is 3. The molecule has 1 aromatic heterocycles. The number of aromatic nitrogens is 2. The molecule has 1 aliphatic rings. The molecule has 8 nitrogen and oxygen atoms in total. The number of hydrogen-bond acceptors (Lipinski definition) is 6. The normalized spacial score (nSPS) is 12.9. The minimum Gasteiger partial charge on any atom is -0.497 e. The van der Waals surface area contributed by atoms with Crippen LogP contribution in [0.5, 0.6) is 23.0 Å². The van der Waals surface area contributed by atoms with E-state index in [1.54, 1.807) is 12.1 Å². The van der Waals surface area contributed by atoms with Crippen molar-refractivity contribution in [2.24, 2.45) is 0 Å². The molecule has 0 radical (unpaired) electrons. The number of aromatic amines is 1. The number of benzene rings is 2. The van der Waals surface area contributed by atoms with Crippen molar-refractivity contribution in [3.63, 3.8) is 0 Å². The first kappa shape index (κ1) is 17.8. The molecular weight excluding hydrogens is 383 g/mol. The number of hydrogen-bond donors (Lipinski definition) is 2. The van der Waals surface area contributed by atoms with E-state index >= 15 is 0 Å². The van der Waals surface area contributed by atoms with Crippen molar-refractivity contribution in [2.75, 3.05) is 19.2 Å². The number of ether oxygens (including phenoxy) is 4. The molecule has 1 aliphatic heterocycles. The Bertz CT molecular complexity index is 1020. The minimum atomic E-state index is -4.95. The molecule has 28 heavy (non-hydrogen) atoms. The third kappa shape index (κ3) is 3.46. The average Bonchev–Trinajstić information content (AvgIpc) is 3.23. The Labute approximate surface area is 155 Å². The number of halogens is 3. The minimum absolute atomic E-state index is 0.0319.